The van der Waals surface area contributed by atoms with Gasteiger partial charge in [0, 0.05) is 5.92 Å². The lowest BCUT2D eigenvalue weighted by Gasteiger charge is -2.31. The van der Waals surface area contributed by atoms with Crippen LogP contribution in [0.15, 0.2) is 84.0 Å². The summed E-state index contributed by atoms with van der Waals surface area (Å²) >= 11 is 0. The minimum atomic E-state index is 0.390. The minimum Gasteiger partial charge on any atom is -0.0726 e. The smallest absolute Gasteiger partial charge is 0.0281 e. The second-order valence-corrected chi connectivity index (χ2v) is 10.9. The molecule has 3 aliphatic rings. The second kappa shape index (κ2) is 9.34. The zero-order valence-corrected chi connectivity index (χ0v) is 20.8. The first-order valence-electron chi connectivity index (χ1n) is 12.9. The number of aryl methyl sites for hydroxylation is 2. The summed E-state index contributed by atoms with van der Waals surface area (Å²) in [5.74, 6) is 2.92. The molecule has 3 aliphatic carbocycles. The van der Waals surface area contributed by atoms with Gasteiger partial charge in [-0.25, -0.2) is 0 Å². The lowest BCUT2D eigenvalue weighted by Crippen LogP contribution is -2.17. The average Bonchev–Trinajstić information content (AvgIpc) is 3.30. The molecule has 2 aromatic carbocycles. The van der Waals surface area contributed by atoms with Crippen LogP contribution in [0.4, 0.5) is 0 Å². The maximum Gasteiger partial charge on any atom is 0.0281 e. The molecule has 0 aromatic heterocycles. The molecule has 0 N–H and O–H groups in total. The number of hydrogen-bond donors (Lipinski definition) is 0. The molecule has 0 radical (unpaired) electrons. The van der Waals surface area contributed by atoms with Crippen molar-refractivity contribution >= 4 is 5.57 Å². The van der Waals surface area contributed by atoms with E-state index in [4.69, 9.17) is 0 Å². The van der Waals surface area contributed by atoms with E-state index in [0.29, 0.717) is 5.92 Å². The van der Waals surface area contributed by atoms with E-state index in [9.17, 15) is 0 Å². The van der Waals surface area contributed by atoms with Crippen LogP contribution >= 0.6 is 0 Å². The predicted octanol–water partition coefficient (Wildman–Crippen LogP) is 8.91. The molecular formula is C33H38. The highest BCUT2D eigenvalue weighted by molar-refractivity contribution is 5.79. The molecule has 0 spiro atoms. The Morgan fingerprint density at radius 2 is 1.48 bits per heavy atom. The Morgan fingerprint density at radius 1 is 0.788 bits per heavy atom. The Labute approximate surface area is 200 Å². The molecule has 0 heteroatoms. The maximum atomic E-state index is 2.41. The standard InChI is InChI=1S/C33H38/c1-22(2)26-12-14-28(15-13-26)27-10-8-25(9-11-27)21-29-16-17-32(33-7-5-6-31(29)33)30-19-23(3)18-24(4)20-30/h5-11,16-20,22,26,28,33H,12-15,21H2,1-4H3. The third-order valence-electron chi connectivity index (χ3n) is 8.20. The maximum absolute atomic E-state index is 2.41. The molecule has 0 saturated heterocycles. The first-order valence-corrected chi connectivity index (χ1v) is 12.9. The van der Waals surface area contributed by atoms with Gasteiger partial charge in [0.05, 0.1) is 0 Å². The van der Waals surface area contributed by atoms with E-state index in [1.165, 1.54) is 64.7 Å². The Hall–Kier alpha value is -2.60. The van der Waals surface area contributed by atoms with Crippen LogP contribution in [-0.4, -0.2) is 0 Å². The zero-order chi connectivity index (χ0) is 22.9. The highest BCUT2D eigenvalue weighted by Gasteiger charge is 2.27. The van der Waals surface area contributed by atoms with Crippen molar-refractivity contribution in [1.82, 2.24) is 0 Å². The Balaban J connectivity index is 1.31. The second-order valence-electron chi connectivity index (χ2n) is 10.9. The molecule has 33 heavy (non-hydrogen) atoms. The zero-order valence-electron chi connectivity index (χ0n) is 20.8. The van der Waals surface area contributed by atoms with E-state index in [1.807, 2.05) is 0 Å². The average molecular weight is 435 g/mol. The summed E-state index contributed by atoms with van der Waals surface area (Å²) in [6, 6.07) is 16.5. The minimum absolute atomic E-state index is 0.390. The van der Waals surface area contributed by atoms with Crippen LogP contribution in [0.2, 0.25) is 0 Å². The van der Waals surface area contributed by atoms with E-state index in [1.54, 1.807) is 5.56 Å². The van der Waals surface area contributed by atoms with Crippen LogP contribution in [0.25, 0.3) is 5.57 Å². The topological polar surface area (TPSA) is 0 Å². The van der Waals surface area contributed by atoms with Gasteiger partial charge >= 0.3 is 0 Å². The molecular weight excluding hydrogens is 396 g/mol. The van der Waals surface area contributed by atoms with Crippen LogP contribution in [0.1, 0.15) is 73.3 Å². The van der Waals surface area contributed by atoms with Crippen LogP contribution in [0, 0.1) is 31.6 Å². The first kappa shape index (κ1) is 22.2. The van der Waals surface area contributed by atoms with Gasteiger partial charge in [0.1, 0.15) is 0 Å². The van der Waals surface area contributed by atoms with Crippen molar-refractivity contribution in [2.45, 2.75) is 65.7 Å². The van der Waals surface area contributed by atoms with Crippen LogP contribution < -0.4 is 0 Å². The van der Waals surface area contributed by atoms with E-state index < -0.39 is 0 Å². The van der Waals surface area contributed by atoms with Crippen molar-refractivity contribution in [2.75, 3.05) is 0 Å². The third kappa shape index (κ3) is 4.72. The molecule has 1 saturated carbocycles. The van der Waals surface area contributed by atoms with E-state index in [0.717, 1.165) is 24.2 Å². The summed E-state index contributed by atoms with van der Waals surface area (Å²) in [6.07, 6.45) is 18.2. The number of allylic oxidation sites excluding steroid dienone is 8. The predicted molar refractivity (Wildman–Crippen MR) is 142 cm³/mol. The van der Waals surface area contributed by atoms with Crippen molar-refractivity contribution in [3.63, 3.8) is 0 Å². The number of hydrogen-bond acceptors (Lipinski definition) is 0. The summed E-state index contributed by atoms with van der Waals surface area (Å²) < 4.78 is 0. The van der Waals surface area contributed by atoms with Gasteiger partial charge in [0.2, 0.25) is 0 Å². The van der Waals surface area contributed by atoms with Crippen LogP contribution in [0.3, 0.4) is 0 Å². The lowest BCUT2D eigenvalue weighted by molar-refractivity contribution is 0.259. The van der Waals surface area contributed by atoms with E-state index in [-0.39, 0.29) is 0 Å². The summed E-state index contributed by atoms with van der Waals surface area (Å²) in [4.78, 5) is 0. The fourth-order valence-electron chi connectivity index (χ4n) is 6.27. The van der Waals surface area contributed by atoms with Gasteiger partial charge in [-0.3, -0.25) is 0 Å². The summed E-state index contributed by atoms with van der Waals surface area (Å²) in [5, 5.41) is 0. The molecule has 0 aliphatic heterocycles. The molecule has 2 aromatic rings. The van der Waals surface area contributed by atoms with Crippen molar-refractivity contribution < 1.29 is 0 Å². The Morgan fingerprint density at radius 3 is 2.15 bits per heavy atom. The SMILES string of the molecule is Cc1cc(C)cc(C2=CC=C(Cc3ccc(C4CCC(C(C)C)CC4)cc3)C3=CC=CC32)c1. The monoisotopic (exact) mass is 434 g/mol. The Bertz CT molecular complexity index is 1100. The first-order chi connectivity index (χ1) is 16.0. The van der Waals surface area contributed by atoms with Gasteiger partial charge in [-0.15, -0.1) is 0 Å². The molecule has 0 bridgehead atoms. The van der Waals surface area contributed by atoms with Gasteiger partial charge in [0.25, 0.3) is 0 Å². The molecule has 1 unspecified atom stereocenters. The Kier molecular flexibility index (Phi) is 6.28. The fraction of sp³-hybridized carbons (Fsp3) is 0.394. The summed E-state index contributed by atoms with van der Waals surface area (Å²) in [7, 11) is 0. The molecule has 1 fully saturated rings. The highest BCUT2D eigenvalue weighted by atomic mass is 14.3. The summed E-state index contributed by atoms with van der Waals surface area (Å²) in [6.45, 7) is 9.17. The van der Waals surface area contributed by atoms with Crippen molar-refractivity contribution in [3.05, 3.63) is 112 Å². The van der Waals surface area contributed by atoms with Crippen molar-refractivity contribution in [1.29, 1.82) is 0 Å². The quantitative estimate of drug-likeness (QED) is 0.440. The molecule has 0 heterocycles. The van der Waals surface area contributed by atoms with Gasteiger partial charge in [-0.2, -0.15) is 0 Å². The van der Waals surface area contributed by atoms with E-state index >= 15 is 0 Å². The van der Waals surface area contributed by atoms with Crippen LogP contribution in [-0.2, 0) is 6.42 Å². The third-order valence-corrected chi connectivity index (χ3v) is 8.20. The molecule has 170 valence electrons. The fourth-order valence-corrected chi connectivity index (χ4v) is 6.27. The molecule has 0 nitrogen and oxygen atoms in total. The van der Waals surface area contributed by atoms with Gasteiger partial charge < -0.3 is 0 Å². The van der Waals surface area contributed by atoms with Crippen molar-refractivity contribution in [3.8, 4) is 0 Å². The number of fused-ring (bicyclic) bond motifs is 1. The van der Waals surface area contributed by atoms with E-state index in [2.05, 4.69) is 101 Å². The van der Waals surface area contributed by atoms with Gasteiger partial charge in [0.15, 0.2) is 0 Å². The lowest BCUT2D eigenvalue weighted by atomic mass is 9.74. The number of rotatable bonds is 5. The molecule has 0 amide bonds. The summed E-state index contributed by atoms with van der Waals surface area (Å²) in [5.41, 5.74) is 11.4. The largest absolute Gasteiger partial charge is 0.0726 e. The van der Waals surface area contributed by atoms with Crippen LogP contribution in [0.5, 0.6) is 0 Å². The normalized spacial score (nSPS) is 24.4. The highest BCUT2D eigenvalue weighted by Crippen LogP contribution is 2.42. The van der Waals surface area contributed by atoms with Crippen molar-refractivity contribution in [2.24, 2.45) is 17.8 Å². The number of benzene rings is 2. The molecule has 1 atom stereocenters. The molecule has 5 rings (SSSR count). The van der Waals surface area contributed by atoms with Gasteiger partial charge in [-0.1, -0.05) is 97.8 Å². The van der Waals surface area contributed by atoms with Gasteiger partial charge in [-0.05, 0) is 97.1 Å².